The molecule has 3 nitrogen and oxygen atoms in total. The summed E-state index contributed by atoms with van der Waals surface area (Å²) in [5.74, 6) is 0.534. The fourth-order valence-corrected chi connectivity index (χ4v) is 2.83. The summed E-state index contributed by atoms with van der Waals surface area (Å²) in [6.07, 6.45) is 4.92. The molecule has 1 aromatic rings. The van der Waals surface area contributed by atoms with E-state index in [0.29, 0.717) is 12.0 Å². The van der Waals surface area contributed by atoms with Gasteiger partial charge in [0.1, 0.15) is 0 Å². The molecule has 0 fully saturated rings. The Morgan fingerprint density at radius 2 is 2.28 bits per heavy atom. The molecular formula is C15H25NO2. The highest BCUT2D eigenvalue weighted by molar-refractivity contribution is 5.28. The largest absolute Gasteiger partial charge is 0.388 e. The van der Waals surface area contributed by atoms with E-state index in [0.717, 1.165) is 38.0 Å². The fraction of sp³-hybridized carbons (Fsp3) is 0.733. The minimum Gasteiger partial charge on any atom is -0.388 e. The maximum absolute atomic E-state index is 10.0. The van der Waals surface area contributed by atoms with Crippen molar-refractivity contribution in [2.45, 2.75) is 52.2 Å². The van der Waals surface area contributed by atoms with Crippen molar-refractivity contribution in [2.75, 3.05) is 13.2 Å². The third kappa shape index (κ3) is 2.62. The lowest BCUT2D eigenvalue weighted by Crippen LogP contribution is -2.23. The summed E-state index contributed by atoms with van der Waals surface area (Å²) in [5.41, 5.74) is 2.44. The summed E-state index contributed by atoms with van der Waals surface area (Å²) >= 11 is 0. The van der Waals surface area contributed by atoms with E-state index >= 15 is 0 Å². The van der Waals surface area contributed by atoms with Crippen LogP contribution in [-0.2, 0) is 11.2 Å². The van der Waals surface area contributed by atoms with Crippen molar-refractivity contribution < 1.29 is 9.84 Å². The standard InChI is InChI=1S/C15H25NO2/c1-4-18-10-14(11(2)3)16-9-8-12-13(16)6-5-7-15(12)17/h8-9,11,14-15,17H,4-7,10H2,1-3H3. The van der Waals surface area contributed by atoms with Crippen LogP contribution in [0.15, 0.2) is 12.3 Å². The first-order chi connectivity index (χ1) is 8.65. The molecule has 0 aliphatic heterocycles. The summed E-state index contributed by atoms with van der Waals surface area (Å²) in [6.45, 7) is 8.01. The third-order valence-electron chi connectivity index (χ3n) is 3.93. The van der Waals surface area contributed by atoms with Gasteiger partial charge in [0.05, 0.1) is 18.8 Å². The zero-order chi connectivity index (χ0) is 13.1. The lowest BCUT2D eigenvalue weighted by atomic mass is 9.94. The van der Waals surface area contributed by atoms with E-state index in [1.807, 2.05) is 6.92 Å². The van der Waals surface area contributed by atoms with Gasteiger partial charge >= 0.3 is 0 Å². The molecule has 2 unspecified atom stereocenters. The molecule has 0 saturated carbocycles. The van der Waals surface area contributed by atoms with Crippen molar-refractivity contribution in [3.8, 4) is 0 Å². The molecule has 0 bridgehead atoms. The number of fused-ring (bicyclic) bond motifs is 1. The zero-order valence-corrected chi connectivity index (χ0v) is 11.7. The number of nitrogens with zero attached hydrogens (tertiary/aromatic N) is 1. The molecule has 1 N–H and O–H groups in total. The molecule has 1 heterocycles. The molecule has 18 heavy (non-hydrogen) atoms. The van der Waals surface area contributed by atoms with Crippen LogP contribution in [0.3, 0.4) is 0 Å². The average Bonchev–Trinajstić information content (AvgIpc) is 2.75. The Bertz CT molecular complexity index is 384. The number of ether oxygens (including phenoxy) is 1. The minimum absolute atomic E-state index is 0.269. The van der Waals surface area contributed by atoms with Crippen molar-refractivity contribution in [3.05, 3.63) is 23.5 Å². The van der Waals surface area contributed by atoms with E-state index in [2.05, 4.69) is 30.7 Å². The second kappa shape index (κ2) is 5.89. The maximum atomic E-state index is 10.0. The van der Waals surface area contributed by atoms with Crippen molar-refractivity contribution in [1.29, 1.82) is 0 Å². The van der Waals surface area contributed by atoms with Gasteiger partial charge < -0.3 is 14.4 Å². The highest BCUT2D eigenvalue weighted by Gasteiger charge is 2.25. The Balaban J connectivity index is 2.25. The summed E-state index contributed by atoms with van der Waals surface area (Å²) < 4.78 is 7.95. The molecule has 0 aromatic carbocycles. The predicted octanol–water partition coefficient (Wildman–Crippen LogP) is 3.09. The van der Waals surface area contributed by atoms with Crippen molar-refractivity contribution in [1.82, 2.24) is 4.57 Å². The average molecular weight is 251 g/mol. The topological polar surface area (TPSA) is 34.4 Å². The molecule has 2 rings (SSSR count). The van der Waals surface area contributed by atoms with Crippen LogP contribution in [0.25, 0.3) is 0 Å². The molecule has 2 atom stereocenters. The summed E-state index contributed by atoms with van der Waals surface area (Å²) in [4.78, 5) is 0. The third-order valence-corrected chi connectivity index (χ3v) is 3.93. The number of hydrogen-bond donors (Lipinski definition) is 1. The zero-order valence-electron chi connectivity index (χ0n) is 11.7. The van der Waals surface area contributed by atoms with Gasteiger partial charge in [-0.15, -0.1) is 0 Å². The molecule has 3 heteroatoms. The van der Waals surface area contributed by atoms with Crippen LogP contribution in [0, 0.1) is 5.92 Å². The maximum Gasteiger partial charge on any atom is 0.0807 e. The monoisotopic (exact) mass is 251 g/mol. The number of aliphatic hydroxyl groups excluding tert-OH is 1. The van der Waals surface area contributed by atoms with Crippen molar-refractivity contribution in [2.24, 2.45) is 5.92 Å². The van der Waals surface area contributed by atoms with Gasteiger partial charge in [-0.25, -0.2) is 0 Å². The lowest BCUT2D eigenvalue weighted by molar-refractivity contribution is 0.0941. The molecule has 1 aliphatic rings. The number of rotatable bonds is 5. The molecule has 0 spiro atoms. The number of hydrogen-bond acceptors (Lipinski definition) is 2. The van der Waals surface area contributed by atoms with E-state index in [1.54, 1.807) is 0 Å². The van der Waals surface area contributed by atoms with E-state index in [1.165, 1.54) is 5.69 Å². The molecule has 1 aliphatic carbocycles. The van der Waals surface area contributed by atoms with Gasteiger partial charge in [0, 0.05) is 24.1 Å². The van der Waals surface area contributed by atoms with Crippen LogP contribution in [-0.4, -0.2) is 22.9 Å². The van der Waals surface area contributed by atoms with Gasteiger partial charge in [-0.2, -0.15) is 0 Å². The Hall–Kier alpha value is -0.800. The molecule has 102 valence electrons. The summed E-state index contributed by atoms with van der Waals surface area (Å²) in [6, 6.07) is 2.46. The minimum atomic E-state index is -0.269. The van der Waals surface area contributed by atoms with Crippen molar-refractivity contribution in [3.63, 3.8) is 0 Å². The van der Waals surface area contributed by atoms with Crippen molar-refractivity contribution >= 4 is 0 Å². The summed E-state index contributed by atoms with van der Waals surface area (Å²) in [5, 5.41) is 10.0. The number of aliphatic hydroxyl groups is 1. The molecule has 0 radical (unpaired) electrons. The first-order valence-corrected chi connectivity index (χ1v) is 7.10. The summed E-state index contributed by atoms with van der Waals surface area (Å²) in [7, 11) is 0. The van der Waals surface area contributed by atoms with Crippen LogP contribution >= 0.6 is 0 Å². The van der Waals surface area contributed by atoms with Gasteiger partial charge in [-0.3, -0.25) is 0 Å². The van der Waals surface area contributed by atoms with E-state index in [-0.39, 0.29) is 6.10 Å². The van der Waals surface area contributed by atoms with Gasteiger partial charge in [0.15, 0.2) is 0 Å². The van der Waals surface area contributed by atoms with Crippen LogP contribution in [0.4, 0.5) is 0 Å². The van der Waals surface area contributed by atoms with Crippen LogP contribution < -0.4 is 0 Å². The fourth-order valence-electron chi connectivity index (χ4n) is 2.83. The van der Waals surface area contributed by atoms with Crippen LogP contribution in [0.2, 0.25) is 0 Å². The molecule has 0 amide bonds. The molecule has 1 aromatic heterocycles. The Kier molecular flexibility index (Phi) is 4.46. The second-order valence-electron chi connectivity index (χ2n) is 5.50. The Morgan fingerprint density at radius 3 is 2.94 bits per heavy atom. The quantitative estimate of drug-likeness (QED) is 0.872. The molecule has 0 saturated heterocycles. The first kappa shape index (κ1) is 13.6. The second-order valence-corrected chi connectivity index (χ2v) is 5.50. The highest BCUT2D eigenvalue weighted by Crippen LogP contribution is 2.33. The highest BCUT2D eigenvalue weighted by atomic mass is 16.5. The van der Waals surface area contributed by atoms with E-state index in [4.69, 9.17) is 4.74 Å². The SMILES string of the molecule is CCOCC(C(C)C)n1ccc2c1CCCC2O. The van der Waals surface area contributed by atoms with Gasteiger partial charge in [0.2, 0.25) is 0 Å². The van der Waals surface area contributed by atoms with Crippen LogP contribution in [0.5, 0.6) is 0 Å². The van der Waals surface area contributed by atoms with E-state index < -0.39 is 0 Å². The predicted molar refractivity (Wildman–Crippen MR) is 72.7 cm³/mol. The smallest absolute Gasteiger partial charge is 0.0807 e. The van der Waals surface area contributed by atoms with Crippen LogP contribution in [0.1, 0.15) is 57.0 Å². The van der Waals surface area contributed by atoms with Gasteiger partial charge in [-0.05, 0) is 38.2 Å². The normalized spacial score (nSPS) is 21.1. The van der Waals surface area contributed by atoms with E-state index in [9.17, 15) is 5.11 Å². The van der Waals surface area contributed by atoms with Gasteiger partial charge in [-0.1, -0.05) is 13.8 Å². The van der Waals surface area contributed by atoms with Gasteiger partial charge in [0.25, 0.3) is 0 Å². The lowest BCUT2D eigenvalue weighted by Gasteiger charge is -2.28. The Morgan fingerprint density at radius 1 is 1.50 bits per heavy atom. The Labute approximate surface area is 110 Å². The molecular weight excluding hydrogens is 226 g/mol. The number of aromatic nitrogens is 1. The first-order valence-electron chi connectivity index (χ1n) is 7.10.